The molecule has 2 N–H and O–H groups in total. The summed E-state index contributed by atoms with van der Waals surface area (Å²) in [6.07, 6.45) is 4.27. The molecule has 0 aromatic heterocycles. The van der Waals surface area contributed by atoms with Crippen molar-refractivity contribution in [3.05, 3.63) is 0 Å². The second-order valence-corrected chi connectivity index (χ2v) is 5.52. The Morgan fingerprint density at radius 2 is 2.05 bits per heavy atom. The lowest BCUT2D eigenvalue weighted by molar-refractivity contribution is -0.144. The lowest BCUT2D eigenvalue weighted by Gasteiger charge is -2.35. The van der Waals surface area contributed by atoms with Crippen molar-refractivity contribution >= 4 is 11.9 Å². The molecule has 0 bridgehead atoms. The number of amides is 1. The van der Waals surface area contributed by atoms with Crippen LogP contribution in [0.25, 0.3) is 0 Å². The van der Waals surface area contributed by atoms with E-state index in [9.17, 15) is 14.7 Å². The predicted octanol–water partition coefficient (Wildman–Crippen LogP) is 1.25. The van der Waals surface area contributed by atoms with Crippen LogP contribution in [0.1, 0.15) is 46.0 Å². The molecule has 0 aromatic rings. The van der Waals surface area contributed by atoms with Crippen molar-refractivity contribution in [3.8, 4) is 0 Å². The van der Waals surface area contributed by atoms with E-state index in [2.05, 4.69) is 17.1 Å². The number of carboxylic acid groups (broad SMARTS) is 1. The van der Waals surface area contributed by atoms with Crippen LogP contribution in [0.3, 0.4) is 0 Å². The number of hydrogen-bond acceptors (Lipinski definition) is 4. The number of carbonyl (C=O) groups is 2. The first-order valence-corrected chi connectivity index (χ1v) is 7.95. The van der Waals surface area contributed by atoms with Gasteiger partial charge in [-0.3, -0.25) is 9.69 Å². The highest BCUT2D eigenvalue weighted by Gasteiger charge is 2.31. The first-order chi connectivity index (χ1) is 10.1. The molecular weight excluding hydrogens is 272 g/mol. The minimum Gasteiger partial charge on any atom is -0.480 e. The highest BCUT2D eigenvalue weighted by atomic mass is 16.5. The molecule has 1 saturated heterocycles. The highest BCUT2D eigenvalue weighted by Crippen LogP contribution is 2.10. The summed E-state index contributed by atoms with van der Waals surface area (Å²) in [7, 11) is 0. The maximum Gasteiger partial charge on any atom is 0.326 e. The molecule has 1 amide bonds. The lowest BCUT2D eigenvalue weighted by Crippen LogP contribution is -2.56. The van der Waals surface area contributed by atoms with Gasteiger partial charge in [0.2, 0.25) is 5.91 Å². The van der Waals surface area contributed by atoms with Crippen LogP contribution in [0.4, 0.5) is 0 Å². The summed E-state index contributed by atoms with van der Waals surface area (Å²) in [5, 5.41) is 11.9. The van der Waals surface area contributed by atoms with Gasteiger partial charge in [0.05, 0.1) is 13.2 Å². The molecule has 1 rings (SSSR count). The highest BCUT2D eigenvalue weighted by molar-refractivity contribution is 5.87. The van der Waals surface area contributed by atoms with E-state index in [-0.39, 0.29) is 11.9 Å². The summed E-state index contributed by atoms with van der Waals surface area (Å²) < 4.78 is 5.39. The minimum absolute atomic E-state index is 0.227. The number of carboxylic acids is 1. The summed E-state index contributed by atoms with van der Waals surface area (Å²) >= 11 is 0. The molecule has 1 heterocycles. The van der Waals surface area contributed by atoms with E-state index in [1.54, 1.807) is 0 Å². The van der Waals surface area contributed by atoms with Crippen LogP contribution in [0.5, 0.6) is 0 Å². The summed E-state index contributed by atoms with van der Waals surface area (Å²) in [5.74, 6) is -1.19. The molecule has 21 heavy (non-hydrogen) atoms. The number of nitrogens with one attached hydrogen (secondary N) is 1. The smallest absolute Gasteiger partial charge is 0.326 e. The van der Waals surface area contributed by atoms with Gasteiger partial charge in [-0.05, 0) is 19.4 Å². The Labute approximate surface area is 126 Å². The largest absolute Gasteiger partial charge is 0.480 e. The first kappa shape index (κ1) is 17.9. The lowest BCUT2D eigenvalue weighted by atomic mass is 10.1. The molecule has 1 aliphatic heterocycles. The summed E-state index contributed by atoms with van der Waals surface area (Å²) in [6.45, 7) is 6.67. The quantitative estimate of drug-likeness (QED) is 0.670. The average Bonchev–Trinajstić information content (AvgIpc) is 2.49. The van der Waals surface area contributed by atoms with Gasteiger partial charge in [0, 0.05) is 6.54 Å². The number of rotatable bonds is 9. The van der Waals surface area contributed by atoms with E-state index in [0.717, 1.165) is 38.8 Å². The predicted molar refractivity (Wildman–Crippen MR) is 80.2 cm³/mol. The maximum absolute atomic E-state index is 12.4. The van der Waals surface area contributed by atoms with Crippen LogP contribution in [0, 0.1) is 0 Å². The number of aliphatic carboxylic acids is 1. The number of ether oxygens (including phenoxy) is 1. The van der Waals surface area contributed by atoms with Crippen molar-refractivity contribution in [2.45, 2.75) is 58.0 Å². The molecular formula is C15H28N2O4. The van der Waals surface area contributed by atoms with Gasteiger partial charge in [0.25, 0.3) is 0 Å². The summed E-state index contributed by atoms with van der Waals surface area (Å²) in [6, 6.07) is -1.17. The zero-order valence-electron chi connectivity index (χ0n) is 13.1. The Morgan fingerprint density at radius 3 is 2.67 bits per heavy atom. The number of hydrogen-bond donors (Lipinski definition) is 2. The fraction of sp³-hybridized carbons (Fsp3) is 0.867. The van der Waals surface area contributed by atoms with E-state index in [1.807, 2.05) is 6.92 Å². The number of carbonyl (C=O) groups excluding carboxylic acids is 1. The van der Waals surface area contributed by atoms with Crippen molar-refractivity contribution < 1.29 is 19.4 Å². The third kappa shape index (κ3) is 6.01. The molecule has 1 fully saturated rings. The van der Waals surface area contributed by atoms with Crippen LogP contribution < -0.4 is 5.32 Å². The van der Waals surface area contributed by atoms with E-state index in [0.29, 0.717) is 19.6 Å². The van der Waals surface area contributed by atoms with Crippen LogP contribution in [-0.2, 0) is 14.3 Å². The molecule has 6 heteroatoms. The van der Waals surface area contributed by atoms with Gasteiger partial charge in [0.1, 0.15) is 12.1 Å². The Balaban J connectivity index is 2.58. The Kier molecular flexibility index (Phi) is 8.30. The summed E-state index contributed by atoms with van der Waals surface area (Å²) in [4.78, 5) is 25.7. The number of nitrogens with zero attached hydrogens (tertiary/aromatic N) is 1. The SMILES string of the molecule is CCCCC(NC(=O)C1COCCN1CCCC)C(=O)O. The third-order valence-electron chi connectivity index (χ3n) is 3.80. The van der Waals surface area contributed by atoms with E-state index in [1.165, 1.54) is 0 Å². The van der Waals surface area contributed by atoms with Crippen molar-refractivity contribution in [2.24, 2.45) is 0 Å². The van der Waals surface area contributed by atoms with E-state index < -0.39 is 12.0 Å². The molecule has 0 aromatic carbocycles. The monoisotopic (exact) mass is 300 g/mol. The molecule has 122 valence electrons. The molecule has 0 saturated carbocycles. The second-order valence-electron chi connectivity index (χ2n) is 5.52. The van der Waals surface area contributed by atoms with Crippen molar-refractivity contribution in [1.29, 1.82) is 0 Å². The zero-order chi connectivity index (χ0) is 15.7. The van der Waals surface area contributed by atoms with Gasteiger partial charge in [0.15, 0.2) is 0 Å². The van der Waals surface area contributed by atoms with Crippen LogP contribution in [0.15, 0.2) is 0 Å². The number of morpholine rings is 1. The first-order valence-electron chi connectivity index (χ1n) is 7.95. The fourth-order valence-corrected chi connectivity index (χ4v) is 2.44. The minimum atomic E-state index is -0.964. The van der Waals surface area contributed by atoms with Crippen molar-refractivity contribution in [2.75, 3.05) is 26.3 Å². The Bertz CT molecular complexity index is 336. The number of unbranched alkanes of at least 4 members (excludes halogenated alkanes) is 2. The van der Waals surface area contributed by atoms with Crippen molar-refractivity contribution in [3.63, 3.8) is 0 Å². The Morgan fingerprint density at radius 1 is 1.33 bits per heavy atom. The molecule has 6 nitrogen and oxygen atoms in total. The van der Waals surface area contributed by atoms with Gasteiger partial charge >= 0.3 is 5.97 Å². The standard InChI is InChI=1S/C15H28N2O4/c1-3-5-7-12(15(19)20)16-14(18)13-11-21-10-9-17(13)8-6-4-2/h12-13H,3-11H2,1-2H3,(H,16,18)(H,19,20). The topological polar surface area (TPSA) is 78.9 Å². The van der Waals surface area contributed by atoms with Crippen molar-refractivity contribution in [1.82, 2.24) is 10.2 Å². The van der Waals surface area contributed by atoms with Crippen LogP contribution in [-0.4, -0.2) is 60.3 Å². The average molecular weight is 300 g/mol. The molecule has 1 aliphatic rings. The van der Waals surface area contributed by atoms with Gasteiger partial charge in [-0.1, -0.05) is 33.1 Å². The van der Waals surface area contributed by atoms with E-state index in [4.69, 9.17) is 4.74 Å². The molecule has 0 spiro atoms. The normalized spacial score (nSPS) is 21.0. The molecule has 2 atom stereocenters. The fourth-order valence-electron chi connectivity index (χ4n) is 2.44. The van der Waals surface area contributed by atoms with Crippen LogP contribution >= 0.6 is 0 Å². The van der Waals surface area contributed by atoms with E-state index >= 15 is 0 Å². The summed E-state index contributed by atoms with van der Waals surface area (Å²) in [5.41, 5.74) is 0. The Hall–Kier alpha value is -1.14. The van der Waals surface area contributed by atoms with Gasteiger partial charge in [-0.15, -0.1) is 0 Å². The van der Waals surface area contributed by atoms with Gasteiger partial charge < -0.3 is 15.2 Å². The van der Waals surface area contributed by atoms with Gasteiger partial charge in [-0.2, -0.15) is 0 Å². The zero-order valence-corrected chi connectivity index (χ0v) is 13.1. The van der Waals surface area contributed by atoms with Crippen LogP contribution in [0.2, 0.25) is 0 Å². The molecule has 0 aliphatic carbocycles. The maximum atomic E-state index is 12.4. The molecule has 0 radical (unpaired) electrons. The third-order valence-corrected chi connectivity index (χ3v) is 3.80. The molecule has 2 unspecified atom stereocenters. The van der Waals surface area contributed by atoms with Gasteiger partial charge in [-0.25, -0.2) is 4.79 Å². The second kappa shape index (κ2) is 9.73.